The zero-order valence-corrected chi connectivity index (χ0v) is 13.8. The molecule has 1 aromatic heterocycles. The van der Waals surface area contributed by atoms with Crippen molar-refractivity contribution in [1.82, 2.24) is 9.97 Å². The summed E-state index contributed by atoms with van der Waals surface area (Å²) in [5.74, 6) is 2.20. The van der Waals surface area contributed by atoms with Crippen molar-refractivity contribution in [2.24, 2.45) is 0 Å². The van der Waals surface area contributed by atoms with E-state index < -0.39 is 0 Å². The number of aromatic nitrogens is 2. The quantitative estimate of drug-likeness (QED) is 0.826. The molecular formula is C15H18IN3. The standard InChI is InChI=1S/C15H18IN3/c1-9(2)11-5-7-12(8-6-11)14-18-10(3)13(16)15(17-4)19-14/h5-9H,1-4H3,(H,17,18,19). The Labute approximate surface area is 128 Å². The molecule has 0 unspecified atom stereocenters. The van der Waals surface area contributed by atoms with Crippen molar-refractivity contribution in [2.45, 2.75) is 26.7 Å². The van der Waals surface area contributed by atoms with E-state index in [0.717, 1.165) is 26.5 Å². The number of hydrogen-bond acceptors (Lipinski definition) is 3. The van der Waals surface area contributed by atoms with Crippen LogP contribution in [0.4, 0.5) is 5.82 Å². The molecular weight excluding hydrogens is 349 g/mol. The minimum Gasteiger partial charge on any atom is -0.372 e. The average molecular weight is 367 g/mol. The molecule has 0 spiro atoms. The number of halogens is 1. The Kier molecular flexibility index (Phi) is 4.39. The minimum atomic E-state index is 0.543. The van der Waals surface area contributed by atoms with Gasteiger partial charge in [-0.15, -0.1) is 0 Å². The summed E-state index contributed by atoms with van der Waals surface area (Å²) < 4.78 is 1.07. The summed E-state index contributed by atoms with van der Waals surface area (Å²) in [7, 11) is 1.88. The molecule has 2 rings (SSSR count). The van der Waals surface area contributed by atoms with Crippen LogP contribution < -0.4 is 5.32 Å². The van der Waals surface area contributed by atoms with Gasteiger partial charge in [0.05, 0.1) is 9.26 Å². The number of anilines is 1. The molecule has 0 amide bonds. The highest BCUT2D eigenvalue weighted by molar-refractivity contribution is 14.1. The maximum atomic E-state index is 4.57. The van der Waals surface area contributed by atoms with Crippen LogP contribution in [0.25, 0.3) is 11.4 Å². The molecule has 1 heterocycles. The van der Waals surface area contributed by atoms with Gasteiger partial charge in [-0.1, -0.05) is 38.1 Å². The number of nitrogens with zero attached hydrogens (tertiary/aromatic N) is 2. The monoisotopic (exact) mass is 367 g/mol. The van der Waals surface area contributed by atoms with Gasteiger partial charge in [0, 0.05) is 12.6 Å². The lowest BCUT2D eigenvalue weighted by atomic mass is 10.0. The minimum absolute atomic E-state index is 0.543. The summed E-state index contributed by atoms with van der Waals surface area (Å²) in [6.07, 6.45) is 0. The van der Waals surface area contributed by atoms with Crippen LogP contribution in [-0.2, 0) is 0 Å². The third-order valence-corrected chi connectivity index (χ3v) is 4.38. The molecule has 0 radical (unpaired) electrons. The van der Waals surface area contributed by atoms with E-state index in [4.69, 9.17) is 0 Å². The van der Waals surface area contributed by atoms with E-state index >= 15 is 0 Å². The van der Waals surface area contributed by atoms with E-state index in [-0.39, 0.29) is 0 Å². The van der Waals surface area contributed by atoms with Crippen molar-refractivity contribution in [3.05, 3.63) is 39.1 Å². The van der Waals surface area contributed by atoms with Gasteiger partial charge in [0.25, 0.3) is 0 Å². The number of nitrogens with one attached hydrogen (secondary N) is 1. The Morgan fingerprint density at radius 3 is 2.26 bits per heavy atom. The molecule has 2 aromatic rings. The van der Waals surface area contributed by atoms with E-state index in [0.29, 0.717) is 5.92 Å². The molecule has 0 fully saturated rings. The van der Waals surface area contributed by atoms with Crippen LogP contribution in [0.15, 0.2) is 24.3 Å². The lowest BCUT2D eigenvalue weighted by Crippen LogP contribution is -2.02. The summed E-state index contributed by atoms with van der Waals surface area (Å²) in [6.45, 7) is 6.40. The highest BCUT2D eigenvalue weighted by Crippen LogP contribution is 2.24. The Morgan fingerprint density at radius 2 is 1.74 bits per heavy atom. The van der Waals surface area contributed by atoms with Crippen LogP contribution in [0, 0.1) is 10.5 Å². The number of aryl methyl sites for hydroxylation is 1. The maximum absolute atomic E-state index is 4.57. The fourth-order valence-corrected chi connectivity index (χ4v) is 2.38. The molecule has 0 atom stereocenters. The van der Waals surface area contributed by atoms with Crippen LogP contribution in [-0.4, -0.2) is 17.0 Å². The molecule has 0 bridgehead atoms. The SMILES string of the molecule is CNc1nc(-c2ccc(C(C)C)cc2)nc(C)c1I. The van der Waals surface area contributed by atoms with Crippen molar-refractivity contribution >= 4 is 28.4 Å². The highest BCUT2D eigenvalue weighted by Gasteiger charge is 2.10. The average Bonchev–Trinajstić information content (AvgIpc) is 2.41. The smallest absolute Gasteiger partial charge is 0.161 e. The van der Waals surface area contributed by atoms with Gasteiger partial charge >= 0.3 is 0 Å². The van der Waals surface area contributed by atoms with Crippen molar-refractivity contribution in [3.63, 3.8) is 0 Å². The van der Waals surface area contributed by atoms with E-state index in [1.807, 2.05) is 14.0 Å². The predicted octanol–water partition coefficient (Wildman–Crippen LogP) is 4.22. The predicted molar refractivity (Wildman–Crippen MR) is 88.6 cm³/mol. The van der Waals surface area contributed by atoms with Crippen LogP contribution in [0.1, 0.15) is 31.0 Å². The summed E-state index contributed by atoms with van der Waals surface area (Å²) >= 11 is 2.27. The van der Waals surface area contributed by atoms with Gasteiger partial charge in [0.2, 0.25) is 0 Å². The van der Waals surface area contributed by atoms with Crippen LogP contribution in [0.2, 0.25) is 0 Å². The molecule has 0 aliphatic heterocycles. The van der Waals surface area contributed by atoms with Crippen LogP contribution in [0.3, 0.4) is 0 Å². The first kappa shape index (κ1) is 14.2. The van der Waals surface area contributed by atoms with Gasteiger partial charge in [-0.05, 0) is 41.0 Å². The first-order valence-corrected chi connectivity index (χ1v) is 7.43. The Morgan fingerprint density at radius 1 is 1.11 bits per heavy atom. The molecule has 19 heavy (non-hydrogen) atoms. The molecule has 4 heteroatoms. The summed E-state index contributed by atoms with van der Waals surface area (Å²) in [5.41, 5.74) is 3.39. The second-order valence-corrected chi connectivity index (χ2v) is 5.90. The van der Waals surface area contributed by atoms with Crippen LogP contribution >= 0.6 is 22.6 Å². The summed E-state index contributed by atoms with van der Waals surface area (Å²) in [5, 5.41) is 3.12. The first-order chi connectivity index (χ1) is 9.02. The molecule has 0 saturated heterocycles. The zero-order valence-electron chi connectivity index (χ0n) is 11.7. The van der Waals surface area contributed by atoms with Crippen molar-refractivity contribution in [2.75, 3.05) is 12.4 Å². The Hall–Kier alpha value is -1.17. The number of benzene rings is 1. The molecule has 1 N–H and O–H groups in total. The second-order valence-electron chi connectivity index (χ2n) is 4.82. The third kappa shape index (κ3) is 3.05. The summed E-state index contributed by atoms with van der Waals surface area (Å²) in [4.78, 5) is 9.13. The van der Waals surface area contributed by atoms with Crippen molar-refractivity contribution < 1.29 is 0 Å². The molecule has 3 nitrogen and oxygen atoms in total. The maximum Gasteiger partial charge on any atom is 0.161 e. The van der Waals surface area contributed by atoms with E-state index in [1.165, 1.54) is 5.56 Å². The zero-order chi connectivity index (χ0) is 14.0. The number of rotatable bonds is 3. The second kappa shape index (κ2) is 5.86. The largest absolute Gasteiger partial charge is 0.372 e. The van der Waals surface area contributed by atoms with Crippen molar-refractivity contribution in [3.8, 4) is 11.4 Å². The lowest BCUT2D eigenvalue weighted by Gasteiger charge is -2.10. The van der Waals surface area contributed by atoms with Crippen molar-refractivity contribution in [1.29, 1.82) is 0 Å². The van der Waals surface area contributed by atoms with E-state index in [2.05, 4.69) is 76.0 Å². The molecule has 0 aliphatic carbocycles. The topological polar surface area (TPSA) is 37.8 Å². The van der Waals surface area contributed by atoms with E-state index in [9.17, 15) is 0 Å². The summed E-state index contributed by atoms with van der Waals surface area (Å²) in [6, 6.07) is 8.48. The van der Waals surface area contributed by atoms with Gasteiger partial charge < -0.3 is 5.32 Å². The van der Waals surface area contributed by atoms with Gasteiger partial charge in [-0.3, -0.25) is 0 Å². The lowest BCUT2D eigenvalue weighted by molar-refractivity contribution is 0.867. The van der Waals surface area contributed by atoms with Crippen LogP contribution in [0.5, 0.6) is 0 Å². The molecule has 0 aliphatic rings. The highest BCUT2D eigenvalue weighted by atomic mass is 127. The third-order valence-electron chi connectivity index (χ3n) is 3.09. The van der Waals surface area contributed by atoms with E-state index in [1.54, 1.807) is 0 Å². The fourth-order valence-electron chi connectivity index (χ4n) is 1.87. The van der Waals surface area contributed by atoms with Gasteiger partial charge in [0.1, 0.15) is 5.82 Å². The van der Waals surface area contributed by atoms with Gasteiger partial charge in [0.15, 0.2) is 5.82 Å². The Balaban J connectivity index is 2.44. The fraction of sp³-hybridized carbons (Fsp3) is 0.333. The molecule has 100 valence electrons. The first-order valence-electron chi connectivity index (χ1n) is 6.35. The molecule has 0 saturated carbocycles. The number of hydrogen-bond donors (Lipinski definition) is 1. The molecule has 1 aromatic carbocycles. The van der Waals surface area contributed by atoms with Gasteiger partial charge in [-0.2, -0.15) is 0 Å². The normalized spacial score (nSPS) is 10.8. The Bertz CT molecular complexity index is 577. The van der Waals surface area contributed by atoms with Gasteiger partial charge in [-0.25, -0.2) is 9.97 Å².